The summed E-state index contributed by atoms with van der Waals surface area (Å²) >= 11 is 0. The van der Waals surface area contributed by atoms with Gasteiger partial charge >= 0.3 is 33.0 Å². The zero-order valence-corrected chi connectivity index (χ0v) is 18.7. The van der Waals surface area contributed by atoms with E-state index in [0.717, 1.165) is 0 Å². The number of benzene rings is 3. The van der Waals surface area contributed by atoms with Gasteiger partial charge in [-0.25, -0.2) is 13.2 Å². The van der Waals surface area contributed by atoms with E-state index in [2.05, 4.69) is 0 Å². The van der Waals surface area contributed by atoms with Crippen LogP contribution in [0.25, 0.3) is 0 Å². The van der Waals surface area contributed by atoms with Gasteiger partial charge in [0.1, 0.15) is 17.5 Å². The molecule has 32 heavy (non-hydrogen) atoms. The van der Waals surface area contributed by atoms with E-state index in [1.54, 1.807) is 39.0 Å². The standard InChI is InChI=1S/C21H18F3S.F6P/c1-13-4-7-16(10-19(13)22)25(17-8-5-14(2)20(23)11-17)18-9-6-15(3)21(24)12-18;1-7(2,3,4,5)6/h4-12H,1-3H3;/q+1;-1. The summed E-state index contributed by atoms with van der Waals surface area (Å²) in [5, 5.41) is 0. The van der Waals surface area contributed by atoms with Gasteiger partial charge in [-0.3, -0.25) is 0 Å². The Morgan fingerprint density at radius 2 is 0.719 bits per heavy atom. The van der Waals surface area contributed by atoms with Crippen molar-refractivity contribution in [1.82, 2.24) is 0 Å². The fourth-order valence-electron chi connectivity index (χ4n) is 2.51. The molecule has 0 spiro atoms. The van der Waals surface area contributed by atoms with E-state index in [9.17, 15) is 38.4 Å². The van der Waals surface area contributed by atoms with Gasteiger partial charge in [-0.2, -0.15) is 0 Å². The molecule has 11 heteroatoms. The average molecular weight is 504 g/mol. The van der Waals surface area contributed by atoms with Crippen molar-refractivity contribution in [3.05, 3.63) is 88.7 Å². The van der Waals surface area contributed by atoms with E-state index in [-0.39, 0.29) is 17.5 Å². The van der Waals surface area contributed by atoms with Gasteiger partial charge in [0.2, 0.25) is 0 Å². The Bertz CT molecular complexity index is 1010. The van der Waals surface area contributed by atoms with Crippen molar-refractivity contribution < 1.29 is 38.4 Å². The fourth-order valence-corrected chi connectivity index (χ4v) is 4.60. The average Bonchev–Trinajstić information content (AvgIpc) is 2.61. The van der Waals surface area contributed by atoms with Crippen molar-refractivity contribution in [3.8, 4) is 0 Å². The number of rotatable bonds is 3. The molecule has 0 atom stereocenters. The molecule has 0 amide bonds. The third kappa shape index (κ3) is 8.39. The first-order valence-corrected chi connectivity index (χ1v) is 12.2. The Kier molecular flexibility index (Phi) is 6.76. The van der Waals surface area contributed by atoms with Gasteiger partial charge in [-0.1, -0.05) is 18.2 Å². The van der Waals surface area contributed by atoms with E-state index < -0.39 is 18.7 Å². The van der Waals surface area contributed by atoms with E-state index in [1.807, 2.05) is 18.2 Å². The van der Waals surface area contributed by atoms with Gasteiger partial charge in [-0.15, -0.1) is 0 Å². The van der Waals surface area contributed by atoms with Crippen LogP contribution in [-0.2, 0) is 10.9 Å². The second-order valence-electron chi connectivity index (χ2n) is 7.00. The van der Waals surface area contributed by atoms with Crippen molar-refractivity contribution >= 4 is 18.7 Å². The number of halogens is 9. The van der Waals surface area contributed by atoms with Crippen LogP contribution in [0.15, 0.2) is 69.3 Å². The molecule has 3 rings (SSSR count). The van der Waals surface area contributed by atoms with Crippen LogP contribution >= 0.6 is 7.81 Å². The van der Waals surface area contributed by atoms with Crippen molar-refractivity contribution in [1.29, 1.82) is 0 Å². The first-order chi connectivity index (χ1) is 14.3. The summed E-state index contributed by atoms with van der Waals surface area (Å²) in [6.45, 7) is 5.07. The summed E-state index contributed by atoms with van der Waals surface area (Å²) in [6, 6.07) is 14.9. The molecule has 3 aromatic rings. The van der Waals surface area contributed by atoms with Crippen LogP contribution in [0.1, 0.15) is 16.7 Å². The number of hydrogen-bond donors (Lipinski definition) is 0. The van der Waals surface area contributed by atoms with Crippen LogP contribution in [0.5, 0.6) is 0 Å². The molecule has 0 nitrogen and oxygen atoms in total. The quantitative estimate of drug-likeness (QED) is 0.189. The van der Waals surface area contributed by atoms with E-state index in [4.69, 9.17) is 0 Å². The molecule has 0 aliphatic heterocycles. The molecule has 0 bridgehead atoms. The van der Waals surface area contributed by atoms with Crippen LogP contribution in [-0.4, -0.2) is 0 Å². The van der Waals surface area contributed by atoms with Gasteiger partial charge in [0.05, 0.1) is 10.9 Å². The van der Waals surface area contributed by atoms with Crippen LogP contribution < -0.4 is 0 Å². The fraction of sp³-hybridized carbons (Fsp3) is 0.143. The molecule has 0 fully saturated rings. The Hall–Kier alpha value is -2.19. The van der Waals surface area contributed by atoms with E-state index in [1.165, 1.54) is 18.2 Å². The van der Waals surface area contributed by atoms with Gasteiger partial charge in [0.25, 0.3) is 0 Å². The summed E-state index contributed by atoms with van der Waals surface area (Å²) in [5.41, 5.74) is 1.62. The number of hydrogen-bond acceptors (Lipinski definition) is 0. The van der Waals surface area contributed by atoms with Crippen LogP contribution in [0.3, 0.4) is 0 Å². The maximum absolute atomic E-state index is 14.1. The summed E-state index contributed by atoms with van der Waals surface area (Å²) in [7, 11) is -11.4. The van der Waals surface area contributed by atoms with Crippen LogP contribution in [0.2, 0.25) is 0 Å². The molecule has 0 aliphatic rings. The van der Waals surface area contributed by atoms with Crippen LogP contribution in [0.4, 0.5) is 38.4 Å². The number of aryl methyl sites for hydroxylation is 3. The predicted molar refractivity (Wildman–Crippen MR) is 109 cm³/mol. The second-order valence-corrected chi connectivity index (χ2v) is 10.9. The molecule has 0 heterocycles. The minimum atomic E-state index is -10.7. The third-order valence-electron chi connectivity index (χ3n) is 4.14. The summed E-state index contributed by atoms with van der Waals surface area (Å²) in [5.74, 6) is -0.972. The van der Waals surface area contributed by atoms with Crippen molar-refractivity contribution in [3.63, 3.8) is 0 Å². The van der Waals surface area contributed by atoms with Gasteiger partial charge < -0.3 is 0 Å². The van der Waals surface area contributed by atoms with Gasteiger partial charge in [-0.05, 0) is 55.7 Å². The Morgan fingerprint density at radius 1 is 0.500 bits per heavy atom. The maximum atomic E-state index is 14.1. The van der Waals surface area contributed by atoms with E-state index in [0.29, 0.717) is 31.4 Å². The predicted octanol–water partition coefficient (Wildman–Crippen LogP) is 9.51. The monoisotopic (exact) mass is 504 g/mol. The van der Waals surface area contributed by atoms with Crippen molar-refractivity contribution in [2.45, 2.75) is 35.5 Å². The molecule has 0 saturated carbocycles. The summed E-state index contributed by atoms with van der Waals surface area (Å²) in [4.78, 5) is 2.07. The topological polar surface area (TPSA) is 0 Å². The molecule has 0 unspecified atom stereocenters. The molecule has 0 N–H and O–H groups in total. The molecular weight excluding hydrogens is 486 g/mol. The first-order valence-electron chi connectivity index (χ1n) is 8.91. The normalized spacial score (nSPS) is 13.8. The SMILES string of the molecule is Cc1ccc([S+](c2ccc(C)c(F)c2)c2ccc(C)c(F)c2)cc1F.F[P-](F)(F)(F)(F)F. The molecule has 0 saturated heterocycles. The molecule has 0 aromatic heterocycles. The molecule has 176 valence electrons. The zero-order valence-electron chi connectivity index (χ0n) is 17.0. The summed E-state index contributed by atoms with van der Waals surface area (Å²) in [6.07, 6.45) is 0. The molecule has 3 aromatic carbocycles. The van der Waals surface area contributed by atoms with Crippen molar-refractivity contribution in [2.75, 3.05) is 0 Å². The molecule has 0 radical (unpaired) electrons. The van der Waals surface area contributed by atoms with Gasteiger partial charge in [0.15, 0.2) is 14.7 Å². The first kappa shape index (κ1) is 26.1. The van der Waals surface area contributed by atoms with E-state index >= 15 is 0 Å². The Balaban J connectivity index is 0.000000451. The Morgan fingerprint density at radius 3 is 0.906 bits per heavy atom. The van der Waals surface area contributed by atoms with Crippen molar-refractivity contribution in [2.24, 2.45) is 0 Å². The minimum absolute atomic E-state index is 0.324. The molecular formula is C21H18F9PS. The second kappa shape index (κ2) is 8.30. The Labute approximate surface area is 181 Å². The molecule has 0 aliphatic carbocycles. The van der Waals surface area contributed by atoms with Gasteiger partial charge in [0, 0.05) is 18.2 Å². The summed E-state index contributed by atoms with van der Waals surface area (Å²) < 4.78 is 102. The third-order valence-corrected chi connectivity index (χ3v) is 6.31. The zero-order chi connectivity index (χ0) is 24.5. The van der Waals surface area contributed by atoms with Crippen LogP contribution in [0, 0.1) is 38.2 Å².